The summed E-state index contributed by atoms with van der Waals surface area (Å²) in [5.74, 6) is 0.764. The number of anilines is 3. The van der Waals surface area contributed by atoms with Gasteiger partial charge in [-0.25, -0.2) is 9.97 Å². The molecule has 1 aromatic heterocycles. The number of carbonyl (C=O) groups is 1. The minimum atomic E-state index is -0.312. The van der Waals surface area contributed by atoms with Crippen LogP contribution in [0.3, 0.4) is 0 Å². The zero-order valence-electron chi connectivity index (χ0n) is 14.8. The smallest absolute Gasteiger partial charge is 0.274 e. The number of hydrogen-bond acceptors (Lipinski definition) is 4. The van der Waals surface area contributed by atoms with Gasteiger partial charge >= 0.3 is 0 Å². The monoisotopic (exact) mass is 366 g/mol. The molecule has 0 unspecified atom stereocenters. The molecule has 0 fully saturated rings. The fourth-order valence-electron chi connectivity index (χ4n) is 2.53. The number of nitrogens with one attached hydrogen (secondary N) is 2. The predicted octanol–water partition coefficient (Wildman–Crippen LogP) is 5.05. The molecule has 0 aliphatic heterocycles. The van der Waals surface area contributed by atoms with Gasteiger partial charge in [0.25, 0.3) is 5.91 Å². The molecule has 0 atom stereocenters. The minimum absolute atomic E-state index is 0.284. The van der Waals surface area contributed by atoms with E-state index in [1.807, 2.05) is 44.2 Å². The van der Waals surface area contributed by atoms with Crippen LogP contribution in [0.4, 0.5) is 17.2 Å². The Morgan fingerprint density at radius 2 is 1.81 bits per heavy atom. The van der Waals surface area contributed by atoms with Crippen molar-refractivity contribution in [3.63, 3.8) is 0 Å². The van der Waals surface area contributed by atoms with E-state index in [4.69, 9.17) is 11.6 Å². The van der Waals surface area contributed by atoms with E-state index in [1.54, 1.807) is 25.1 Å². The highest BCUT2D eigenvalue weighted by atomic mass is 35.5. The SMILES string of the molecule is Cc1cccc(Nc2cc(C(=O)Nc3cc(Cl)ccc3C)nc(C)n2)c1. The number of benzene rings is 2. The van der Waals surface area contributed by atoms with E-state index in [0.717, 1.165) is 16.8 Å². The average Bonchev–Trinajstić information content (AvgIpc) is 2.57. The number of nitrogens with zero attached hydrogens (tertiary/aromatic N) is 2. The number of aryl methyl sites for hydroxylation is 3. The number of carbonyl (C=O) groups excluding carboxylic acids is 1. The lowest BCUT2D eigenvalue weighted by molar-refractivity contribution is 0.102. The zero-order chi connectivity index (χ0) is 18.7. The largest absolute Gasteiger partial charge is 0.340 e. The molecule has 0 saturated heterocycles. The molecule has 1 heterocycles. The summed E-state index contributed by atoms with van der Waals surface area (Å²) >= 11 is 6.01. The molecule has 3 rings (SSSR count). The molecule has 0 spiro atoms. The molecule has 5 nitrogen and oxygen atoms in total. The molecule has 26 heavy (non-hydrogen) atoms. The first-order valence-electron chi connectivity index (χ1n) is 8.17. The fourth-order valence-corrected chi connectivity index (χ4v) is 2.71. The first-order valence-corrected chi connectivity index (χ1v) is 8.55. The maximum Gasteiger partial charge on any atom is 0.274 e. The highest BCUT2D eigenvalue weighted by Crippen LogP contribution is 2.21. The Morgan fingerprint density at radius 3 is 2.58 bits per heavy atom. The second-order valence-electron chi connectivity index (χ2n) is 6.09. The molecule has 0 aliphatic rings. The molecule has 3 aromatic rings. The summed E-state index contributed by atoms with van der Waals surface area (Å²) in [5, 5.41) is 6.63. The number of halogens is 1. The first kappa shape index (κ1) is 17.9. The Labute approximate surface area is 157 Å². The molecule has 0 radical (unpaired) electrons. The Kier molecular flexibility index (Phi) is 5.19. The fraction of sp³-hybridized carbons (Fsp3) is 0.150. The molecular formula is C20H19ClN4O. The second kappa shape index (κ2) is 7.54. The maximum absolute atomic E-state index is 12.6. The van der Waals surface area contributed by atoms with Gasteiger partial charge in [-0.1, -0.05) is 29.8 Å². The van der Waals surface area contributed by atoms with E-state index in [2.05, 4.69) is 20.6 Å². The van der Waals surface area contributed by atoms with Crippen LogP contribution in [0.2, 0.25) is 5.02 Å². The van der Waals surface area contributed by atoms with Gasteiger partial charge in [0.05, 0.1) is 0 Å². The Bertz CT molecular complexity index is 972. The number of rotatable bonds is 4. The van der Waals surface area contributed by atoms with Gasteiger partial charge in [0.2, 0.25) is 0 Å². The van der Waals surface area contributed by atoms with Crippen LogP contribution in [0.1, 0.15) is 27.4 Å². The van der Waals surface area contributed by atoms with Crippen molar-refractivity contribution in [3.8, 4) is 0 Å². The lowest BCUT2D eigenvalue weighted by Gasteiger charge is -2.11. The van der Waals surface area contributed by atoms with Gasteiger partial charge < -0.3 is 10.6 Å². The van der Waals surface area contributed by atoms with Crippen molar-refractivity contribution in [2.75, 3.05) is 10.6 Å². The van der Waals surface area contributed by atoms with Crippen LogP contribution in [0.5, 0.6) is 0 Å². The summed E-state index contributed by atoms with van der Waals surface area (Å²) in [6.07, 6.45) is 0. The van der Waals surface area contributed by atoms with E-state index in [-0.39, 0.29) is 11.6 Å². The van der Waals surface area contributed by atoms with E-state index < -0.39 is 0 Å². The summed E-state index contributed by atoms with van der Waals surface area (Å²) in [4.78, 5) is 21.2. The van der Waals surface area contributed by atoms with Gasteiger partial charge in [-0.05, 0) is 56.2 Å². The van der Waals surface area contributed by atoms with Crippen molar-refractivity contribution in [1.82, 2.24) is 9.97 Å². The lowest BCUT2D eigenvalue weighted by Crippen LogP contribution is -2.16. The van der Waals surface area contributed by atoms with E-state index in [9.17, 15) is 4.79 Å². The quantitative estimate of drug-likeness (QED) is 0.678. The van der Waals surface area contributed by atoms with Crippen LogP contribution in [-0.2, 0) is 0 Å². The second-order valence-corrected chi connectivity index (χ2v) is 6.53. The van der Waals surface area contributed by atoms with E-state index in [1.165, 1.54) is 0 Å². The summed E-state index contributed by atoms with van der Waals surface area (Å²) in [6, 6.07) is 14.9. The number of amides is 1. The predicted molar refractivity (Wildman–Crippen MR) is 105 cm³/mol. The zero-order valence-corrected chi connectivity index (χ0v) is 15.6. The summed E-state index contributed by atoms with van der Waals surface area (Å²) < 4.78 is 0. The van der Waals surface area contributed by atoms with Crippen molar-refractivity contribution < 1.29 is 4.79 Å². The van der Waals surface area contributed by atoms with E-state index in [0.29, 0.717) is 22.4 Å². The topological polar surface area (TPSA) is 66.9 Å². The van der Waals surface area contributed by atoms with Gasteiger partial charge in [-0.3, -0.25) is 4.79 Å². The molecule has 2 N–H and O–H groups in total. The highest BCUT2D eigenvalue weighted by Gasteiger charge is 2.12. The van der Waals surface area contributed by atoms with Crippen LogP contribution in [0.25, 0.3) is 0 Å². The van der Waals surface area contributed by atoms with Crippen LogP contribution >= 0.6 is 11.6 Å². The molecule has 0 bridgehead atoms. The van der Waals surface area contributed by atoms with Crippen molar-refractivity contribution in [2.45, 2.75) is 20.8 Å². The molecule has 0 saturated carbocycles. The Balaban J connectivity index is 1.84. The van der Waals surface area contributed by atoms with Crippen LogP contribution in [0, 0.1) is 20.8 Å². The minimum Gasteiger partial charge on any atom is -0.340 e. The maximum atomic E-state index is 12.6. The Hall–Kier alpha value is -2.92. The Morgan fingerprint density at radius 1 is 1.00 bits per heavy atom. The average molecular weight is 367 g/mol. The third kappa shape index (κ3) is 4.37. The summed E-state index contributed by atoms with van der Waals surface area (Å²) in [6.45, 7) is 5.67. The van der Waals surface area contributed by atoms with Gasteiger partial charge in [0, 0.05) is 22.5 Å². The van der Waals surface area contributed by atoms with Gasteiger partial charge in [0.1, 0.15) is 17.3 Å². The number of aromatic nitrogens is 2. The molecule has 0 aliphatic carbocycles. The third-order valence-corrected chi connectivity index (χ3v) is 4.04. The van der Waals surface area contributed by atoms with Crippen molar-refractivity contribution in [3.05, 3.63) is 76.2 Å². The van der Waals surface area contributed by atoms with Crippen LogP contribution in [0.15, 0.2) is 48.5 Å². The van der Waals surface area contributed by atoms with Gasteiger partial charge in [0.15, 0.2) is 0 Å². The third-order valence-electron chi connectivity index (χ3n) is 3.81. The van der Waals surface area contributed by atoms with E-state index >= 15 is 0 Å². The summed E-state index contributed by atoms with van der Waals surface area (Å²) in [7, 11) is 0. The molecule has 1 amide bonds. The van der Waals surface area contributed by atoms with Crippen molar-refractivity contribution in [2.24, 2.45) is 0 Å². The molecule has 2 aromatic carbocycles. The van der Waals surface area contributed by atoms with Crippen molar-refractivity contribution >= 4 is 34.7 Å². The number of hydrogen-bond donors (Lipinski definition) is 2. The van der Waals surface area contributed by atoms with Gasteiger partial charge in [-0.2, -0.15) is 0 Å². The van der Waals surface area contributed by atoms with Gasteiger partial charge in [-0.15, -0.1) is 0 Å². The first-order chi connectivity index (χ1) is 12.4. The van der Waals surface area contributed by atoms with Crippen molar-refractivity contribution in [1.29, 1.82) is 0 Å². The molecule has 132 valence electrons. The molecular weight excluding hydrogens is 348 g/mol. The highest BCUT2D eigenvalue weighted by molar-refractivity contribution is 6.31. The standard InChI is InChI=1S/C20H19ClN4O/c1-12-5-4-6-16(9-12)24-19-11-18(22-14(3)23-19)20(26)25-17-10-15(21)8-7-13(17)2/h4-11H,1-3H3,(H,25,26)(H,22,23,24). The van der Waals surface area contributed by atoms with Crippen LogP contribution in [-0.4, -0.2) is 15.9 Å². The molecule has 6 heteroatoms. The normalized spacial score (nSPS) is 10.5. The lowest BCUT2D eigenvalue weighted by atomic mass is 10.2. The van der Waals surface area contributed by atoms with Crippen LogP contribution < -0.4 is 10.6 Å². The summed E-state index contributed by atoms with van der Waals surface area (Å²) in [5.41, 5.74) is 3.90.